The minimum atomic E-state index is -0.280. The topological polar surface area (TPSA) is 67.1 Å². The highest BCUT2D eigenvalue weighted by molar-refractivity contribution is 7.98. The summed E-state index contributed by atoms with van der Waals surface area (Å²) in [5.41, 5.74) is 4.00. The number of aromatic nitrogens is 3. The van der Waals surface area contributed by atoms with E-state index in [4.69, 9.17) is 18.9 Å². The average molecular weight is 536 g/mol. The van der Waals surface area contributed by atoms with Crippen LogP contribution in [-0.2, 0) is 12.2 Å². The van der Waals surface area contributed by atoms with Crippen LogP contribution in [0.2, 0.25) is 0 Å². The minimum Gasteiger partial charge on any atom is -0.493 e. The van der Waals surface area contributed by atoms with Gasteiger partial charge in [-0.15, -0.1) is 10.2 Å². The van der Waals surface area contributed by atoms with Crippen molar-refractivity contribution < 1.29 is 23.3 Å². The van der Waals surface area contributed by atoms with Gasteiger partial charge in [-0.1, -0.05) is 35.2 Å². The highest BCUT2D eigenvalue weighted by Gasteiger charge is 2.21. The van der Waals surface area contributed by atoms with E-state index in [1.54, 1.807) is 49.5 Å². The summed E-state index contributed by atoms with van der Waals surface area (Å²) < 4.78 is 37.7. The van der Waals surface area contributed by atoms with Crippen molar-refractivity contribution in [2.24, 2.45) is 0 Å². The molecule has 7 nitrogen and oxygen atoms in total. The second-order valence-corrected chi connectivity index (χ2v) is 10.3. The zero-order chi connectivity index (χ0) is 25.4. The van der Waals surface area contributed by atoms with Gasteiger partial charge in [-0.25, -0.2) is 4.39 Å². The molecular weight excluding hydrogens is 513 g/mol. The van der Waals surface area contributed by atoms with Crippen molar-refractivity contribution >= 4 is 28.1 Å². The average Bonchev–Trinajstić information content (AvgIpc) is 3.63. The van der Waals surface area contributed by atoms with Crippen LogP contribution in [0.25, 0.3) is 16.2 Å². The number of rotatable bonds is 8. The molecule has 188 valence electrons. The number of thioether (sulfide) groups is 1. The summed E-state index contributed by atoms with van der Waals surface area (Å²) in [7, 11) is 3.24. The van der Waals surface area contributed by atoms with Crippen molar-refractivity contribution in [3.8, 4) is 34.3 Å². The molecule has 3 aromatic carbocycles. The van der Waals surface area contributed by atoms with Gasteiger partial charge in [-0.2, -0.15) is 0 Å². The molecule has 0 atom stereocenters. The highest BCUT2D eigenvalue weighted by Crippen LogP contribution is 2.39. The lowest BCUT2D eigenvalue weighted by Crippen LogP contribution is -1.96. The molecule has 0 amide bonds. The second-order valence-electron chi connectivity index (χ2n) is 8.32. The molecule has 1 aliphatic rings. The Labute approximate surface area is 220 Å². The van der Waals surface area contributed by atoms with Gasteiger partial charge in [0.2, 0.25) is 11.8 Å². The first-order chi connectivity index (χ1) is 18.1. The van der Waals surface area contributed by atoms with Crippen molar-refractivity contribution in [2.45, 2.75) is 17.3 Å². The Balaban J connectivity index is 1.37. The first-order valence-electron chi connectivity index (χ1n) is 11.5. The molecule has 0 bridgehead atoms. The van der Waals surface area contributed by atoms with Crippen molar-refractivity contribution in [3.05, 3.63) is 82.5 Å². The lowest BCUT2D eigenvalue weighted by atomic mass is 10.1. The van der Waals surface area contributed by atoms with Crippen LogP contribution < -0.4 is 18.9 Å². The van der Waals surface area contributed by atoms with Gasteiger partial charge in [0, 0.05) is 17.1 Å². The Hall–Kier alpha value is -3.76. The molecule has 2 aromatic heterocycles. The highest BCUT2D eigenvalue weighted by atomic mass is 32.2. The van der Waals surface area contributed by atoms with Gasteiger partial charge in [0.1, 0.15) is 5.82 Å². The Kier molecular flexibility index (Phi) is 6.35. The Morgan fingerprint density at radius 1 is 0.919 bits per heavy atom. The molecule has 10 heteroatoms. The Bertz CT molecular complexity index is 1580. The molecule has 0 unspecified atom stereocenters. The normalized spacial score (nSPS) is 12.3. The first-order valence-corrected chi connectivity index (χ1v) is 13.3. The lowest BCUT2D eigenvalue weighted by Gasteiger charge is -2.11. The number of nitrogens with zero attached hydrogens (tertiary/aromatic N) is 3. The number of halogens is 1. The van der Waals surface area contributed by atoms with Crippen molar-refractivity contribution in [3.63, 3.8) is 0 Å². The van der Waals surface area contributed by atoms with Gasteiger partial charge in [-0.3, -0.25) is 4.40 Å². The second kappa shape index (κ2) is 9.95. The van der Waals surface area contributed by atoms with Gasteiger partial charge in [0.25, 0.3) is 0 Å². The fraction of sp³-hybridized carbons (Fsp3) is 0.185. The number of benzene rings is 3. The van der Waals surface area contributed by atoms with Crippen molar-refractivity contribution in [1.82, 2.24) is 14.6 Å². The summed E-state index contributed by atoms with van der Waals surface area (Å²) in [5, 5.41) is 9.69. The molecule has 0 spiro atoms. The molecular formula is C27H22FN3O4S2. The van der Waals surface area contributed by atoms with Crippen LogP contribution in [0.1, 0.15) is 16.0 Å². The van der Waals surface area contributed by atoms with E-state index >= 15 is 0 Å². The van der Waals surface area contributed by atoms with Crippen LogP contribution in [0, 0.1) is 5.82 Å². The van der Waals surface area contributed by atoms with Crippen LogP contribution in [0.3, 0.4) is 0 Å². The van der Waals surface area contributed by atoms with Gasteiger partial charge < -0.3 is 18.9 Å². The van der Waals surface area contributed by atoms with Gasteiger partial charge in [0.15, 0.2) is 28.2 Å². The molecule has 5 aromatic rings. The number of thiazole rings is 1. The van der Waals surface area contributed by atoms with E-state index in [1.807, 2.05) is 36.4 Å². The van der Waals surface area contributed by atoms with Crippen molar-refractivity contribution in [2.75, 3.05) is 21.0 Å². The zero-order valence-corrected chi connectivity index (χ0v) is 21.7. The van der Waals surface area contributed by atoms with E-state index in [0.717, 1.165) is 48.9 Å². The smallest absolute Gasteiger partial charge is 0.231 e. The fourth-order valence-electron chi connectivity index (χ4n) is 4.26. The third-order valence-electron chi connectivity index (χ3n) is 6.04. The summed E-state index contributed by atoms with van der Waals surface area (Å²) in [6, 6.07) is 18.4. The van der Waals surface area contributed by atoms with Gasteiger partial charge in [-0.05, 0) is 65.2 Å². The maximum Gasteiger partial charge on any atom is 0.231 e. The monoisotopic (exact) mass is 535 g/mol. The summed E-state index contributed by atoms with van der Waals surface area (Å²) >= 11 is 3.16. The predicted molar refractivity (Wildman–Crippen MR) is 141 cm³/mol. The molecule has 6 rings (SSSR count). The van der Waals surface area contributed by atoms with Crippen LogP contribution in [0.15, 0.2) is 65.8 Å². The Morgan fingerprint density at radius 2 is 1.70 bits per heavy atom. The lowest BCUT2D eigenvalue weighted by molar-refractivity contribution is 0.174. The van der Waals surface area contributed by atoms with Crippen LogP contribution in [-0.4, -0.2) is 35.6 Å². The number of fused-ring (bicyclic) bond motifs is 2. The van der Waals surface area contributed by atoms with E-state index < -0.39 is 0 Å². The summed E-state index contributed by atoms with van der Waals surface area (Å²) in [6.45, 7) is 0.246. The first kappa shape index (κ1) is 23.6. The number of hydrogen-bond donors (Lipinski definition) is 0. The maximum absolute atomic E-state index is 13.8. The van der Waals surface area contributed by atoms with E-state index in [9.17, 15) is 4.39 Å². The number of ether oxygens (including phenoxy) is 4. The van der Waals surface area contributed by atoms with Gasteiger partial charge >= 0.3 is 0 Å². The fourth-order valence-corrected chi connectivity index (χ4v) is 6.32. The third kappa shape index (κ3) is 4.58. The van der Waals surface area contributed by atoms with E-state index in [-0.39, 0.29) is 12.6 Å². The quantitative estimate of drug-likeness (QED) is 0.218. The van der Waals surface area contributed by atoms with E-state index in [2.05, 4.69) is 14.6 Å². The molecule has 37 heavy (non-hydrogen) atoms. The molecule has 0 saturated carbocycles. The Morgan fingerprint density at radius 3 is 2.51 bits per heavy atom. The van der Waals surface area contributed by atoms with Crippen LogP contribution in [0.5, 0.6) is 23.0 Å². The van der Waals surface area contributed by atoms with Crippen LogP contribution in [0.4, 0.5) is 4.39 Å². The van der Waals surface area contributed by atoms with E-state index in [1.165, 1.54) is 12.1 Å². The molecule has 0 fully saturated rings. The molecule has 3 heterocycles. The maximum atomic E-state index is 13.8. The summed E-state index contributed by atoms with van der Waals surface area (Å²) in [5.74, 6) is 3.27. The zero-order valence-electron chi connectivity index (χ0n) is 20.1. The number of methoxy groups -OCH3 is 2. The molecule has 0 N–H and O–H groups in total. The third-order valence-corrected chi connectivity index (χ3v) is 8.07. The standard InChI is InChI=1S/C27H22FN3O4S2/c1-32-20-9-3-16(11-22(20)33-2)13-24-25(18-5-7-19(28)8-6-18)31-26(29-30-27(31)37-24)36-14-17-4-10-21-23(12-17)35-15-34-21/h3-12H,13-15H2,1-2H3. The molecule has 1 aliphatic heterocycles. The van der Waals surface area contributed by atoms with Crippen molar-refractivity contribution in [1.29, 1.82) is 0 Å². The minimum absolute atomic E-state index is 0.246. The SMILES string of the molecule is COc1ccc(Cc2sc3nnc(SCc4ccc5c(c4)OCO5)n3c2-c2ccc(F)cc2)cc1OC. The molecule has 0 saturated heterocycles. The summed E-state index contributed by atoms with van der Waals surface area (Å²) in [4.78, 5) is 1.87. The largest absolute Gasteiger partial charge is 0.493 e. The predicted octanol–water partition coefficient (Wildman–Crippen LogP) is 6.23. The molecule has 0 radical (unpaired) electrons. The number of hydrogen-bond acceptors (Lipinski definition) is 8. The van der Waals surface area contributed by atoms with E-state index in [0.29, 0.717) is 23.7 Å². The summed E-state index contributed by atoms with van der Waals surface area (Å²) in [6.07, 6.45) is 0.646. The molecule has 0 aliphatic carbocycles. The van der Waals surface area contributed by atoms with Crippen LogP contribution >= 0.6 is 23.1 Å². The van der Waals surface area contributed by atoms with Gasteiger partial charge in [0.05, 0.1) is 19.9 Å².